The van der Waals surface area contributed by atoms with Crippen LogP contribution >= 0.6 is 11.3 Å². The van der Waals surface area contributed by atoms with Gasteiger partial charge >= 0.3 is 6.03 Å². The predicted octanol–water partition coefficient (Wildman–Crippen LogP) is 5.18. The number of nitrogens with one attached hydrogen (secondary N) is 2. The zero-order valence-corrected chi connectivity index (χ0v) is 19.2. The number of para-hydroxylation sites is 1. The molecule has 34 heavy (non-hydrogen) atoms. The van der Waals surface area contributed by atoms with Gasteiger partial charge in [0.1, 0.15) is 17.2 Å². The normalized spacial score (nSPS) is 10.8. The predicted molar refractivity (Wildman–Crippen MR) is 132 cm³/mol. The van der Waals surface area contributed by atoms with Crippen molar-refractivity contribution in [3.63, 3.8) is 0 Å². The maximum absolute atomic E-state index is 12.7. The lowest BCUT2D eigenvalue weighted by molar-refractivity contribution is 0.262. The third-order valence-electron chi connectivity index (χ3n) is 5.09. The van der Waals surface area contributed by atoms with Crippen molar-refractivity contribution in [3.8, 4) is 33.5 Å². The lowest BCUT2D eigenvalue weighted by atomic mass is 10.1. The van der Waals surface area contributed by atoms with Crippen LogP contribution in [0, 0.1) is 0 Å². The maximum atomic E-state index is 12.7. The molecule has 0 fully saturated rings. The van der Waals surface area contributed by atoms with E-state index < -0.39 is 6.03 Å². The Morgan fingerprint density at radius 3 is 2.44 bits per heavy atom. The summed E-state index contributed by atoms with van der Waals surface area (Å²) in [5.74, 6) is 1.68. The highest BCUT2D eigenvalue weighted by atomic mass is 32.1. The molecule has 0 spiro atoms. The lowest BCUT2D eigenvalue weighted by Gasteiger charge is -2.14. The number of fused-ring (bicyclic) bond motifs is 1. The monoisotopic (exact) mass is 472 g/mol. The zero-order chi connectivity index (χ0) is 23.5. The highest BCUT2D eigenvalue weighted by Crippen LogP contribution is 2.34. The number of carbonyl (C=O) groups is 1. The number of carbonyl (C=O) groups excluding carboxylic acids is 1. The van der Waals surface area contributed by atoms with E-state index in [2.05, 4.69) is 20.8 Å². The Hall–Kier alpha value is -4.44. The number of urea groups is 1. The Labute approximate surface area is 199 Å². The van der Waals surface area contributed by atoms with Crippen molar-refractivity contribution in [2.24, 2.45) is 0 Å². The van der Waals surface area contributed by atoms with Crippen LogP contribution in [0.15, 0.2) is 72.1 Å². The van der Waals surface area contributed by atoms with E-state index in [4.69, 9.17) is 14.6 Å². The highest BCUT2D eigenvalue weighted by molar-refractivity contribution is 7.13. The summed E-state index contributed by atoms with van der Waals surface area (Å²) in [7, 11) is 3.07. The summed E-state index contributed by atoms with van der Waals surface area (Å²) in [6, 6.07) is 20.0. The van der Waals surface area contributed by atoms with Gasteiger partial charge in [-0.3, -0.25) is 0 Å². The first kappa shape index (κ1) is 21.4. The first-order chi connectivity index (χ1) is 16.7. The average Bonchev–Trinajstić information content (AvgIpc) is 3.53. The summed E-state index contributed by atoms with van der Waals surface area (Å²) >= 11 is 1.58. The van der Waals surface area contributed by atoms with Gasteiger partial charge in [0.2, 0.25) is 0 Å². The van der Waals surface area contributed by atoms with Gasteiger partial charge in [0.05, 0.1) is 24.8 Å². The lowest BCUT2D eigenvalue weighted by Crippen LogP contribution is -2.20. The summed E-state index contributed by atoms with van der Waals surface area (Å²) < 4.78 is 12.4. The standard InChI is InChI=1S/C24H20N6O3S/c1-32-18-8-4-9-19(33-2)22(18)26-24(31)25-16-7-3-6-15(14-16)17-11-12-21-27-28-23(30(21)29-17)20-10-5-13-34-20/h3-14H,1-2H3,(H2,25,26,31). The van der Waals surface area contributed by atoms with E-state index in [1.807, 2.05) is 47.8 Å². The molecule has 0 aliphatic rings. The molecule has 2 aromatic carbocycles. The molecular weight excluding hydrogens is 452 g/mol. The number of hydrogen-bond acceptors (Lipinski definition) is 7. The molecule has 0 atom stereocenters. The molecule has 5 rings (SSSR count). The van der Waals surface area contributed by atoms with Gasteiger partial charge in [0.25, 0.3) is 0 Å². The number of methoxy groups -OCH3 is 2. The first-order valence-corrected chi connectivity index (χ1v) is 11.2. The van der Waals surface area contributed by atoms with E-state index in [9.17, 15) is 4.79 Å². The molecule has 0 radical (unpaired) electrons. The number of anilines is 2. The first-order valence-electron chi connectivity index (χ1n) is 10.3. The maximum Gasteiger partial charge on any atom is 0.323 e. The van der Waals surface area contributed by atoms with E-state index in [1.54, 1.807) is 40.1 Å². The van der Waals surface area contributed by atoms with Gasteiger partial charge < -0.3 is 20.1 Å². The Morgan fingerprint density at radius 1 is 0.912 bits per heavy atom. The van der Waals surface area contributed by atoms with Crippen LogP contribution in [0.2, 0.25) is 0 Å². The third-order valence-corrected chi connectivity index (χ3v) is 5.95. The Kier molecular flexibility index (Phi) is 5.79. The van der Waals surface area contributed by atoms with E-state index in [1.165, 1.54) is 14.2 Å². The van der Waals surface area contributed by atoms with Crippen LogP contribution in [0.3, 0.4) is 0 Å². The van der Waals surface area contributed by atoms with Crippen molar-refractivity contribution in [1.29, 1.82) is 0 Å². The second-order valence-corrected chi connectivity index (χ2v) is 8.13. The summed E-state index contributed by atoms with van der Waals surface area (Å²) in [4.78, 5) is 13.7. The number of thiophene rings is 1. The molecule has 2 N–H and O–H groups in total. The minimum absolute atomic E-state index is 0.429. The van der Waals surface area contributed by atoms with E-state index >= 15 is 0 Å². The van der Waals surface area contributed by atoms with Gasteiger partial charge in [-0.05, 0) is 47.8 Å². The SMILES string of the molecule is COc1cccc(OC)c1NC(=O)Nc1cccc(-c2ccc3nnc(-c4cccs4)n3n2)c1. The van der Waals surface area contributed by atoms with Crippen molar-refractivity contribution in [2.75, 3.05) is 24.9 Å². The van der Waals surface area contributed by atoms with Crippen LogP contribution < -0.4 is 20.1 Å². The minimum Gasteiger partial charge on any atom is -0.494 e. The van der Waals surface area contributed by atoms with Crippen LogP contribution in [-0.4, -0.2) is 40.1 Å². The average molecular weight is 473 g/mol. The Balaban J connectivity index is 1.40. The molecule has 9 nitrogen and oxygen atoms in total. The van der Waals surface area contributed by atoms with Gasteiger partial charge in [-0.25, -0.2) is 4.79 Å². The van der Waals surface area contributed by atoms with Gasteiger partial charge in [0.15, 0.2) is 11.5 Å². The molecule has 170 valence electrons. The van der Waals surface area contributed by atoms with Crippen molar-refractivity contribution in [3.05, 3.63) is 72.1 Å². The fourth-order valence-electron chi connectivity index (χ4n) is 3.51. The topological polar surface area (TPSA) is 103 Å². The molecule has 5 aromatic rings. The number of hydrogen-bond donors (Lipinski definition) is 2. The van der Waals surface area contributed by atoms with Crippen LogP contribution in [0.25, 0.3) is 27.6 Å². The number of nitrogens with zero attached hydrogens (tertiary/aromatic N) is 4. The summed E-state index contributed by atoms with van der Waals surface area (Å²) in [6.45, 7) is 0. The fraction of sp³-hybridized carbons (Fsp3) is 0.0833. The number of amides is 2. The van der Waals surface area contributed by atoms with Crippen molar-refractivity contribution in [1.82, 2.24) is 19.8 Å². The molecule has 0 bridgehead atoms. The molecular formula is C24H20N6O3S. The molecule has 3 heterocycles. The second kappa shape index (κ2) is 9.20. The van der Waals surface area contributed by atoms with E-state index in [0.29, 0.717) is 34.3 Å². The molecule has 0 aliphatic heterocycles. The van der Waals surface area contributed by atoms with E-state index in [0.717, 1.165) is 16.1 Å². The molecule has 0 saturated heterocycles. The van der Waals surface area contributed by atoms with Crippen molar-refractivity contribution >= 4 is 34.4 Å². The van der Waals surface area contributed by atoms with Crippen LogP contribution in [0.4, 0.5) is 16.2 Å². The molecule has 3 aromatic heterocycles. The van der Waals surface area contributed by atoms with Gasteiger partial charge in [0, 0.05) is 11.3 Å². The third kappa shape index (κ3) is 4.14. The van der Waals surface area contributed by atoms with E-state index in [-0.39, 0.29) is 0 Å². The molecule has 2 amide bonds. The molecule has 0 aliphatic carbocycles. The largest absolute Gasteiger partial charge is 0.494 e. The van der Waals surface area contributed by atoms with Crippen LogP contribution in [0.5, 0.6) is 11.5 Å². The summed E-state index contributed by atoms with van der Waals surface area (Å²) in [5.41, 5.74) is 3.27. The Bertz CT molecular complexity index is 1440. The van der Waals surface area contributed by atoms with Gasteiger partial charge in [-0.2, -0.15) is 9.61 Å². The quantitative estimate of drug-likeness (QED) is 0.353. The molecule has 10 heteroatoms. The van der Waals surface area contributed by atoms with Gasteiger partial charge in [-0.1, -0.05) is 24.3 Å². The number of ether oxygens (including phenoxy) is 2. The smallest absolute Gasteiger partial charge is 0.323 e. The Morgan fingerprint density at radius 2 is 1.71 bits per heavy atom. The van der Waals surface area contributed by atoms with Crippen LogP contribution in [0.1, 0.15) is 0 Å². The number of aromatic nitrogens is 4. The van der Waals surface area contributed by atoms with Crippen molar-refractivity contribution < 1.29 is 14.3 Å². The zero-order valence-electron chi connectivity index (χ0n) is 18.4. The summed E-state index contributed by atoms with van der Waals surface area (Å²) in [5, 5.41) is 20.8. The minimum atomic E-state index is -0.429. The van der Waals surface area contributed by atoms with Crippen LogP contribution in [-0.2, 0) is 0 Å². The second-order valence-electron chi connectivity index (χ2n) is 7.19. The number of benzene rings is 2. The van der Waals surface area contributed by atoms with Crippen molar-refractivity contribution in [2.45, 2.75) is 0 Å². The fourth-order valence-corrected chi connectivity index (χ4v) is 4.20. The number of rotatable bonds is 6. The molecule has 0 unspecified atom stereocenters. The summed E-state index contributed by atoms with van der Waals surface area (Å²) in [6.07, 6.45) is 0. The van der Waals surface area contributed by atoms with Gasteiger partial charge in [-0.15, -0.1) is 21.5 Å². The highest BCUT2D eigenvalue weighted by Gasteiger charge is 2.14. The molecule has 0 saturated carbocycles.